The Kier molecular flexibility index (Phi) is 6.56. The lowest BCUT2D eigenvalue weighted by Gasteiger charge is -2.27. The lowest BCUT2D eigenvalue weighted by molar-refractivity contribution is 0.0954. The van der Waals surface area contributed by atoms with Crippen molar-refractivity contribution in [3.05, 3.63) is 60.0 Å². The van der Waals surface area contributed by atoms with Crippen LogP contribution in [0.3, 0.4) is 0 Å². The Balaban J connectivity index is 1.36. The Morgan fingerprint density at radius 2 is 1.74 bits per heavy atom. The molecular formula is C25H31N5O3S. The lowest BCUT2D eigenvalue weighted by atomic mass is 10.1. The van der Waals surface area contributed by atoms with E-state index in [0.29, 0.717) is 31.6 Å². The fourth-order valence-electron chi connectivity index (χ4n) is 4.85. The monoisotopic (exact) mass is 481 g/mol. The number of fused-ring (bicyclic) bond motifs is 1. The summed E-state index contributed by atoms with van der Waals surface area (Å²) in [5.74, 6) is -0.249. The van der Waals surface area contributed by atoms with E-state index >= 15 is 0 Å². The number of hydrogen-bond acceptors (Lipinski definition) is 5. The molecule has 34 heavy (non-hydrogen) atoms. The van der Waals surface area contributed by atoms with Crippen LogP contribution in [0.1, 0.15) is 48.2 Å². The molecular weight excluding hydrogens is 450 g/mol. The molecule has 4 heterocycles. The van der Waals surface area contributed by atoms with Crippen molar-refractivity contribution < 1.29 is 13.2 Å². The van der Waals surface area contributed by atoms with E-state index in [9.17, 15) is 13.2 Å². The molecule has 2 aromatic heterocycles. The van der Waals surface area contributed by atoms with Gasteiger partial charge >= 0.3 is 0 Å². The molecule has 2 aliphatic heterocycles. The second-order valence-corrected chi connectivity index (χ2v) is 11.0. The van der Waals surface area contributed by atoms with Crippen LogP contribution in [-0.2, 0) is 16.4 Å². The molecule has 180 valence electrons. The van der Waals surface area contributed by atoms with Gasteiger partial charge in [-0.25, -0.2) is 13.4 Å². The Labute approximate surface area is 200 Å². The van der Waals surface area contributed by atoms with Gasteiger partial charge < -0.3 is 14.6 Å². The van der Waals surface area contributed by atoms with Gasteiger partial charge in [-0.3, -0.25) is 4.79 Å². The van der Waals surface area contributed by atoms with E-state index in [1.807, 2.05) is 35.0 Å². The van der Waals surface area contributed by atoms with Crippen molar-refractivity contribution in [2.75, 3.05) is 37.6 Å². The number of imidazole rings is 1. The zero-order chi connectivity index (χ0) is 23.5. The summed E-state index contributed by atoms with van der Waals surface area (Å²) in [6.07, 6.45) is 9.45. The van der Waals surface area contributed by atoms with Gasteiger partial charge in [-0.2, -0.15) is 4.31 Å². The van der Waals surface area contributed by atoms with E-state index < -0.39 is 10.0 Å². The van der Waals surface area contributed by atoms with Crippen molar-refractivity contribution in [2.24, 2.45) is 0 Å². The first kappa shape index (κ1) is 22.9. The third kappa shape index (κ3) is 4.67. The summed E-state index contributed by atoms with van der Waals surface area (Å²) >= 11 is 0. The molecule has 0 radical (unpaired) electrons. The highest BCUT2D eigenvalue weighted by Gasteiger charge is 2.28. The van der Waals surface area contributed by atoms with Gasteiger partial charge in [-0.1, -0.05) is 12.5 Å². The largest absolute Gasteiger partial charge is 0.371 e. The average molecular weight is 482 g/mol. The number of piperidine rings is 1. The number of benzene rings is 1. The molecule has 2 fully saturated rings. The van der Waals surface area contributed by atoms with Gasteiger partial charge in [0.1, 0.15) is 5.65 Å². The smallest absolute Gasteiger partial charge is 0.253 e. The zero-order valence-corrected chi connectivity index (χ0v) is 20.1. The topological polar surface area (TPSA) is 87.0 Å². The van der Waals surface area contributed by atoms with Crippen LogP contribution in [-0.4, -0.2) is 60.7 Å². The molecule has 1 aromatic carbocycles. The molecule has 0 atom stereocenters. The first-order valence-electron chi connectivity index (χ1n) is 12.1. The van der Waals surface area contributed by atoms with Crippen molar-refractivity contribution in [1.29, 1.82) is 0 Å². The summed E-state index contributed by atoms with van der Waals surface area (Å²) in [4.78, 5) is 20.2. The normalized spacial score (nSPS) is 17.4. The molecule has 5 rings (SSSR count). The number of anilines is 1. The minimum Gasteiger partial charge on any atom is -0.371 e. The van der Waals surface area contributed by atoms with E-state index in [2.05, 4.69) is 15.2 Å². The van der Waals surface area contributed by atoms with Crippen LogP contribution in [0.4, 0.5) is 5.69 Å². The molecule has 0 bridgehead atoms. The Bertz CT molecular complexity index is 1240. The highest BCUT2D eigenvalue weighted by atomic mass is 32.2. The molecule has 2 aliphatic rings. The summed E-state index contributed by atoms with van der Waals surface area (Å²) in [6, 6.07) is 10.9. The van der Waals surface area contributed by atoms with Crippen LogP contribution in [0.5, 0.6) is 0 Å². The molecule has 1 amide bonds. The van der Waals surface area contributed by atoms with Crippen molar-refractivity contribution in [1.82, 2.24) is 19.0 Å². The van der Waals surface area contributed by atoms with Crippen molar-refractivity contribution in [2.45, 2.75) is 43.4 Å². The second-order valence-electron chi connectivity index (χ2n) is 9.04. The van der Waals surface area contributed by atoms with Gasteiger partial charge in [-0.05, 0) is 56.0 Å². The highest BCUT2D eigenvalue weighted by Crippen LogP contribution is 2.29. The van der Waals surface area contributed by atoms with Crippen LogP contribution >= 0.6 is 0 Å². The van der Waals surface area contributed by atoms with E-state index in [4.69, 9.17) is 0 Å². The quantitative estimate of drug-likeness (QED) is 0.560. The number of sulfonamides is 1. The number of carbonyl (C=O) groups is 1. The van der Waals surface area contributed by atoms with Gasteiger partial charge in [0.05, 0.1) is 16.2 Å². The fraction of sp³-hybridized carbons (Fsp3) is 0.440. The predicted octanol–water partition coefficient (Wildman–Crippen LogP) is 3.08. The minimum absolute atomic E-state index is 0.197. The maximum Gasteiger partial charge on any atom is 0.253 e. The Hall–Kier alpha value is -2.91. The number of aromatic nitrogens is 2. The van der Waals surface area contributed by atoms with Crippen LogP contribution in [0.25, 0.3) is 5.65 Å². The highest BCUT2D eigenvalue weighted by molar-refractivity contribution is 7.89. The van der Waals surface area contributed by atoms with Crippen LogP contribution in [0.15, 0.2) is 53.7 Å². The third-order valence-electron chi connectivity index (χ3n) is 6.69. The van der Waals surface area contributed by atoms with E-state index in [1.165, 1.54) is 0 Å². The predicted molar refractivity (Wildman–Crippen MR) is 132 cm³/mol. The summed E-state index contributed by atoms with van der Waals surface area (Å²) in [5, 5.41) is 2.99. The molecule has 3 aromatic rings. The first-order valence-corrected chi connectivity index (χ1v) is 13.6. The van der Waals surface area contributed by atoms with Crippen molar-refractivity contribution in [3.63, 3.8) is 0 Å². The lowest BCUT2D eigenvalue weighted by Crippen LogP contribution is -2.36. The molecule has 0 saturated carbocycles. The van der Waals surface area contributed by atoms with Gasteiger partial charge in [0, 0.05) is 57.2 Å². The summed E-state index contributed by atoms with van der Waals surface area (Å²) in [7, 11) is -3.61. The van der Waals surface area contributed by atoms with Crippen LogP contribution < -0.4 is 10.2 Å². The van der Waals surface area contributed by atoms with Crippen LogP contribution in [0, 0.1) is 0 Å². The molecule has 0 aliphatic carbocycles. The first-order chi connectivity index (χ1) is 16.5. The Morgan fingerprint density at radius 1 is 0.971 bits per heavy atom. The maximum absolute atomic E-state index is 13.3. The van der Waals surface area contributed by atoms with Gasteiger partial charge in [0.15, 0.2) is 0 Å². The third-order valence-corrected chi connectivity index (χ3v) is 8.59. The number of carbonyl (C=O) groups excluding carboxylic acids is 1. The van der Waals surface area contributed by atoms with Gasteiger partial charge in [0.25, 0.3) is 5.91 Å². The number of nitrogens with one attached hydrogen (secondary N) is 1. The SMILES string of the molecule is O=C(NCCc1cn2ccccc2n1)c1cc(S(=O)(=O)N2CCCCC2)ccc1N1CCCC1. The number of pyridine rings is 1. The molecule has 0 unspecified atom stereocenters. The van der Waals surface area contributed by atoms with E-state index in [1.54, 1.807) is 22.5 Å². The number of nitrogens with zero attached hydrogens (tertiary/aromatic N) is 4. The van der Waals surface area contributed by atoms with Gasteiger partial charge in [0.2, 0.25) is 10.0 Å². The Morgan fingerprint density at radius 3 is 2.50 bits per heavy atom. The fourth-order valence-corrected chi connectivity index (χ4v) is 6.40. The standard InChI is InChI=1S/C25H31N5O3S/c31-25(26-12-11-20-19-29-15-5-2-8-24(29)27-20)22-18-21(9-10-23(22)28-13-6-7-14-28)34(32,33)30-16-3-1-4-17-30/h2,5,8-10,15,18-19H,1,3-4,6-7,11-14,16-17H2,(H,26,31). The molecule has 9 heteroatoms. The molecule has 8 nitrogen and oxygen atoms in total. The molecule has 0 spiro atoms. The van der Waals surface area contributed by atoms with Crippen molar-refractivity contribution in [3.8, 4) is 0 Å². The number of rotatable bonds is 7. The molecule has 2 saturated heterocycles. The second kappa shape index (κ2) is 9.76. The minimum atomic E-state index is -3.61. The van der Waals surface area contributed by atoms with E-state index in [-0.39, 0.29) is 10.8 Å². The summed E-state index contributed by atoms with van der Waals surface area (Å²) in [6.45, 7) is 3.25. The average Bonchev–Trinajstić information content (AvgIpc) is 3.54. The van der Waals surface area contributed by atoms with Crippen molar-refractivity contribution >= 4 is 27.3 Å². The number of amides is 1. The van der Waals surface area contributed by atoms with E-state index in [0.717, 1.165) is 62.2 Å². The molecule has 1 N–H and O–H groups in total. The maximum atomic E-state index is 13.3. The zero-order valence-electron chi connectivity index (χ0n) is 19.3. The summed E-state index contributed by atoms with van der Waals surface area (Å²) in [5.41, 5.74) is 3.00. The summed E-state index contributed by atoms with van der Waals surface area (Å²) < 4.78 is 30.0. The van der Waals surface area contributed by atoms with Gasteiger partial charge in [-0.15, -0.1) is 0 Å². The number of hydrogen-bond donors (Lipinski definition) is 1. The van der Waals surface area contributed by atoms with Crippen LogP contribution in [0.2, 0.25) is 0 Å².